The third-order valence-corrected chi connectivity index (χ3v) is 2.80. The lowest BCUT2D eigenvalue weighted by Crippen LogP contribution is -2.21. The van der Waals surface area contributed by atoms with Gasteiger partial charge in [0.2, 0.25) is 0 Å². The van der Waals surface area contributed by atoms with Crippen LogP contribution in [0.1, 0.15) is 31.9 Å². The lowest BCUT2D eigenvalue weighted by Gasteiger charge is -2.07. The molecule has 0 heterocycles. The van der Waals surface area contributed by atoms with Crippen molar-refractivity contribution in [3.8, 4) is 0 Å². The van der Waals surface area contributed by atoms with Crippen molar-refractivity contribution in [2.24, 2.45) is 5.92 Å². The fourth-order valence-corrected chi connectivity index (χ4v) is 1.81. The topological polar surface area (TPSA) is 55.2 Å². The van der Waals surface area contributed by atoms with Crippen LogP contribution in [-0.4, -0.2) is 18.0 Å². The van der Waals surface area contributed by atoms with Gasteiger partial charge in [-0.15, -0.1) is 0 Å². The van der Waals surface area contributed by atoms with E-state index in [1.54, 1.807) is 19.1 Å². The van der Waals surface area contributed by atoms with Crippen LogP contribution in [0, 0.1) is 23.0 Å². The van der Waals surface area contributed by atoms with Crippen molar-refractivity contribution in [1.29, 1.82) is 0 Å². The predicted octanol–water partition coefficient (Wildman–Crippen LogP) is 3.55. The van der Waals surface area contributed by atoms with E-state index in [2.05, 4.69) is 19.2 Å². The first-order valence-corrected chi connectivity index (χ1v) is 6.53. The van der Waals surface area contributed by atoms with Gasteiger partial charge in [-0.05, 0) is 31.9 Å². The molecular formula is C15H22N2O2. The van der Waals surface area contributed by atoms with Gasteiger partial charge in [0.05, 0.1) is 4.92 Å². The van der Waals surface area contributed by atoms with Crippen LogP contribution in [0.15, 0.2) is 23.8 Å². The Labute approximate surface area is 114 Å². The zero-order valence-electron chi connectivity index (χ0n) is 12.1. The van der Waals surface area contributed by atoms with Gasteiger partial charge in [0, 0.05) is 18.2 Å². The zero-order chi connectivity index (χ0) is 14.4. The third-order valence-electron chi connectivity index (χ3n) is 2.80. The summed E-state index contributed by atoms with van der Waals surface area (Å²) in [6, 6.07) is 5.33. The molecule has 0 radical (unpaired) electrons. The average Bonchev–Trinajstić information content (AvgIpc) is 2.30. The van der Waals surface area contributed by atoms with E-state index in [9.17, 15) is 10.1 Å². The zero-order valence-corrected chi connectivity index (χ0v) is 12.1. The van der Waals surface area contributed by atoms with Crippen molar-refractivity contribution in [2.75, 3.05) is 13.1 Å². The van der Waals surface area contributed by atoms with Gasteiger partial charge in [0.15, 0.2) is 0 Å². The molecule has 1 rings (SSSR count). The molecule has 104 valence electrons. The summed E-state index contributed by atoms with van der Waals surface area (Å²) >= 11 is 0. The SMILES string of the molecule is CC(=Cc1ccc(C)c([N+](=O)[O-])c1)CNCC(C)C. The molecule has 4 nitrogen and oxygen atoms in total. The molecule has 0 fully saturated rings. The molecular weight excluding hydrogens is 240 g/mol. The number of hydrogen-bond donors (Lipinski definition) is 1. The molecule has 0 atom stereocenters. The van der Waals surface area contributed by atoms with E-state index in [1.165, 1.54) is 5.57 Å². The molecule has 0 aliphatic rings. The van der Waals surface area contributed by atoms with Gasteiger partial charge in [-0.2, -0.15) is 0 Å². The maximum absolute atomic E-state index is 10.9. The van der Waals surface area contributed by atoms with Crippen LogP contribution in [0.4, 0.5) is 5.69 Å². The van der Waals surface area contributed by atoms with Crippen LogP contribution in [0.5, 0.6) is 0 Å². The Morgan fingerprint density at radius 3 is 2.74 bits per heavy atom. The molecule has 0 saturated carbocycles. The summed E-state index contributed by atoms with van der Waals surface area (Å²) in [6.07, 6.45) is 1.99. The summed E-state index contributed by atoms with van der Waals surface area (Å²) in [4.78, 5) is 10.5. The number of rotatable bonds is 6. The van der Waals surface area contributed by atoms with Crippen LogP contribution >= 0.6 is 0 Å². The summed E-state index contributed by atoms with van der Waals surface area (Å²) in [5.41, 5.74) is 2.91. The van der Waals surface area contributed by atoms with Crippen molar-refractivity contribution in [2.45, 2.75) is 27.7 Å². The van der Waals surface area contributed by atoms with Gasteiger partial charge < -0.3 is 5.32 Å². The van der Waals surface area contributed by atoms with Crippen molar-refractivity contribution in [3.63, 3.8) is 0 Å². The lowest BCUT2D eigenvalue weighted by molar-refractivity contribution is -0.385. The molecule has 0 bridgehead atoms. The molecule has 19 heavy (non-hydrogen) atoms. The smallest absolute Gasteiger partial charge is 0.272 e. The summed E-state index contributed by atoms with van der Waals surface area (Å²) in [5.74, 6) is 0.619. The first-order valence-electron chi connectivity index (χ1n) is 6.53. The van der Waals surface area contributed by atoms with Crippen molar-refractivity contribution in [3.05, 3.63) is 45.0 Å². The number of nitro groups is 1. The minimum atomic E-state index is -0.334. The van der Waals surface area contributed by atoms with Crippen LogP contribution < -0.4 is 5.32 Å². The van der Waals surface area contributed by atoms with E-state index in [4.69, 9.17) is 0 Å². The van der Waals surface area contributed by atoms with Crippen molar-refractivity contribution in [1.82, 2.24) is 5.32 Å². The van der Waals surface area contributed by atoms with E-state index < -0.39 is 0 Å². The molecule has 1 aromatic carbocycles. The highest BCUT2D eigenvalue weighted by atomic mass is 16.6. The maximum Gasteiger partial charge on any atom is 0.272 e. The number of nitrogens with zero attached hydrogens (tertiary/aromatic N) is 1. The van der Waals surface area contributed by atoms with Crippen LogP contribution in [0.3, 0.4) is 0 Å². The summed E-state index contributed by atoms with van der Waals surface area (Å²) in [7, 11) is 0. The second kappa shape index (κ2) is 7.04. The molecule has 1 aromatic rings. The number of hydrogen-bond acceptors (Lipinski definition) is 3. The average molecular weight is 262 g/mol. The lowest BCUT2D eigenvalue weighted by atomic mass is 10.1. The molecule has 0 saturated heterocycles. The maximum atomic E-state index is 10.9. The van der Waals surface area contributed by atoms with Crippen LogP contribution in [-0.2, 0) is 0 Å². The highest BCUT2D eigenvalue weighted by Crippen LogP contribution is 2.20. The van der Waals surface area contributed by atoms with Gasteiger partial charge in [0.1, 0.15) is 0 Å². The van der Waals surface area contributed by atoms with Gasteiger partial charge in [-0.3, -0.25) is 10.1 Å². The van der Waals surface area contributed by atoms with E-state index in [-0.39, 0.29) is 10.6 Å². The van der Waals surface area contributed by atoms with E-state index in [1.807, 2.05) is 19.1 Å². The van der Waals surface area contributed by atoms with E-state index in [0.717, 1.165) is 18.7 Å². The Kier molecular flexibility index (Phi) is 5.70. The van der Waals surface area contributed by atoms with Gasteiger partial charge in [-0.25, -0.2) is 0 Å². The van der Waals surface area contributed by atoms with Gasteiger partial charge in [-0.1, -0.05) is 37.6 Å². The minimum Gasteiger partial charge on any atom is -0.313 e. The van der Waals surface area contributed by atoms with Crippen LogP contribution in [0.25, 0.3) is 6.08 Å². The highest BCUT2D eigenvalue weighted by molar-refractivity contribution is 5.58. The standard InChI is InChI=1S/C15H22N2O2/c1-11(2)9-16-10-12(3)7-14-6-5-13(4)15(8-14)17(18)19/h5-8,11,16H,9-10H2,1-4H3. The Hall–Kier alpha value is -1.68. The fraction of sp³-hybridized carbons (Fsp3) is 0.467. The molecule has 0 aliphatic heterocycles. The van der Waals surface area contributed by atoms with Gasteiger partial charge >= 0.3 is 0 Å². The number of aryl methyl sites for hydroxylation is 1. The Bertz CT molecular complexity index is 479. The molecule has 4 heteroatoms. The van der Waals surface area contributed by atoms with Crippen molar-refractivity contribution >= 4 is 11.8 Å². The summed E-state index contributed by atoms with van der Waals surface area (Å²) in [5, 5.41) is 14.2. The van der Waals surface area contributed by atoms with Crippen LogP contribution in [0.2, 0.25) is 0 Å². The molecule has 0 aromatic heterocycles. The second-order valence-corrected chi connectivity index (χ2v) is 5.32. The highest BCUT2D eigenvalue weighted by Gasteiger charge is 2.09. The molecule has 0 unspecified atom stereocenters. The number of nitrogens with one attached hydrogen (secondary N) is 1. The quantitative estimate of drug-likeness (QED) is 0.630. The second-order valence-electron chi connectivity index (χ2n) is 5.32. The molecule has 1 N–H and O–H groups in total. The minimum absolute atomic E-state index is 0.177. The van der Waals surface area contributed by atoms with Gasteiger partial charge in [0.25, 0.3) is 5.69 Å². The monoisotopic (exact) mass is 262 g/mol. The van der Waals surface area contributed by atoms with E-state index >= 15 is 0 Å². The number of benzene rings is 1. The normalized spacial score (nSPS) is 11.9. The number of nitro benzene ring substituents is 1. The summed E-state index contributed by atoms with van der Waals surface area (Å²) < 4.78 is 0. The molecule has 0 aliphatic carbocycles. The fourth-order valence-electron chi connectivity index (χ4n) is 1.81. The summed E-state index contributed by atoms with van der Waals surface area (Å²) in [6.45, 7) is 9.88. The predicted molar refractivity (Wildman–Crippen MR) is 79.2 cm³/mol. The Balaban J connectivity index is 2.75. The Morgan fingerprint density at radius 2 is 2.16 bits per heavy atom. The largest absolute Gasteiger partial charge is 0.313 e. The first-order chi connectivity index (χ1) is 8.90. The Morgan fingerprint density at radius 1 is 1.47 bits per heavy atom. The van der Waals surface area contributed by atoms with Crippen molar-refractivity contribution < 1.29 is 4.92 Å². The molecule has 0 amide bonds. The third kappa shape index (κ3) is 5.22. The first kappa shape index (κ1) is 15.4. The molecule has 0 spiro atoms. The van der Waals surface area contributed by atoms with E-state index in [0.29, 0.717) is 11.5 Å².